The summed E-state index contributed by atoms with van der Waals surface area (Å²) in [6, 6.07) is 17.0. The third kappa shape index (κ3) is 5.29. The molecule has 39 heavy (non-hydrogen) atoms. The molecule has 0 aliphatic carbocycles. The van der Waals surface area contributed by atoms with E-state index in [4.69, 9.17) is 4.74 Å². The number of fused-ring (bicyclic) bond motifs is 1. The molecule has 1 N–H and O–H groups in total. The summed E-state index contributed by atoms with van der Waals surface area (Å²) in [5.74, 6) is -1.80. The molecular weight excluding hydrogens is 534 g/mol. The summed E-state index contributed by atoms with van der Waals surface area (Å²) in [7, 11) is -4.19. The van der Waals surface area contributed by atoms with Crippen molar-refractivity contribution in [3.8, 4) is 0 Å². The normalized spacial score (nSPS) is 12.8. The predicted molar refractivity (Wildman–Crippen MR) is 154 cm³/mol. The summed E-state index contributed by atoms with van der Waals surface area (Å²) in [5, 5.41) is 12.5. The number of esters is 1. The van der Waals surface area contributed by atoms with E-state index in [2.05, 4.69) is 0 Å². The number of aromatic nitrogens is 1. The Balaban J connectivity index is 2.00. The highest BCUT2D eigenvalue weighted by Crippen LogP contribution is 2.41. The molecule has 0 unspecified atom stereocenters. The van der Waals surface area contributed by atoms with Gasteiger partial charge in [-0.15, -0.1) is 11.3 Å². The second kappa shape index (κ2) is 10.8. The number of aliphatic carboxylic acids is 1. The monoisotopic (exact) mass is 565 g/mol. The van der Waals surface area contributed by atoms with Crippen LogP contribution in [0.15, 0.2) is 76.5 Å². The summed E-state index contributed by atoms with van der Waals surface area (Å²) >= 11 is 1.34. The zero-order chi connectivity index (χ0) is 28.5. The molecular formula is C30H31NO6S2. The topological polar surface area (TPSA) is 103 Å². The highest BCUT2D eigenvalue weighted by atomic mass is 32.2. The zero-order valence-corrected chi connectivity index (χ0v) is 24.2. The van der Waals surface area contributed by atoms with Gasteiger partial charge in [0.1, 0.15) is 5.69 Å². The molecule has 0 aliphatic rings. The van der Waals surface area contributed by atoms with Gasteiger partial charge in [0, 0.05) is 10.3 Å². The first-order chi connectivity index (χ1) is 18.4. The van der Waals surface area contributed by atoms with Crippen LogP contribution in [0.25, 0.3) is 16.5 Å². The smallest absolute Gasteiger partial charge is 0.356 e. The molecule has 4 aromatic rings. The Kier molecular flexibility index (Phi) is 7.86. The van der Waals surface area contributed by atoms with E-state index >= 15 is 0 Å². The fraction of sp³-hybridized carbons (Fsp3) is 0.267. The van der Waals surface area contributed by atoms with E-state index in [1.807, 2.05) is 26.2 Å². The number of aryl methyl sites for hydroxylation is 1. The number of allylic oxidation sites excluding steroid dienone is 1. The number of carboxylic acid groups (broad SMARTS) is 1. The fourth-order valence-electron chi connectivity index (χ4n) is 4.71. The predicted octanol–water partition coefficient (Wildman–Crippen LogP) is 6.55. The number of carbonyl (C=O) groups is 2. The Morgan fingerprint density at radius 3 is 2.28 bits per heavy atom. The van der Waals surface area contributed by atoms with E-state index in [1.165, 1.54) is 23.5 Å². The summed E-state index contributed by atoms with van der Waals surface area (Å²) in [4.78, 5) is 26.5. The summed E-state index contributed by atoms with van der Waals surface area (Å²) in [6.45, 7) is 9.16. The second-order valence-corrected chi connectivity index (χ2v) is 12.7. The van der Waals surface area contributed by atoms with Gasteiger partial charge in [-0.25, -0.2) is 22.0 Å². The first-order valence-electron chi connectivity index (χ1n) is 12.5. The molecule has 0 amide bonds. The van der Waals surface area contributed by atoms with Crippen LogP contribution in [-0.2, 0) is 26.0 Å². The molecule has 0 fully saturated rings. The zero-order valence-electron chi connectivity index (χ0n) is 22.5. The Bertz CT molecular complexity index is 1680. The average Bonchev–Trinajstić information content (AvgIpc) is 3.51. The number of hydrogen-bond acceptors (Lipinski definition) is 6. The van der Waals surface area contributed by atoms with Crippen LogP contribution in [0.5, 0.6) is 0 Å². The largest absolute Gasteiger partial charge is 0.478 e. The highest BCUT2D eigenvalue weighted by molar-refractivity contribution is 7.90. The molecule has 0 aliphatic heterocycles. The Morgan fingerprint density at radius 1 is 1.03 bits per heavy atom. The van der Waals surface area contributed by atoms with Crippen molar-refractivity contribution < 1.29 is 27.9 Å². The number of rotatable bonds is 9. The van der Waals surface area contributed by atoms with Crippen LogP contribution in [0.4, 0.5) is 0 Å². The number of carboxylic acids is 1. The molecule has 204 valence electrons. The van der Waals surface area contributed by atoms with Crippen LogP contribution in [0, 0.1) is 12.3 Å². The SMILES string of the molecule is CCOC(=O)c1c(CC(C)(C)/C(C)=C(\C(=O)O)c2cccs2)c2ccccc2n1S(=O)(=O)c1ccc(C)cc1. The quantitative estimate of drug-likeness (QED) is 0.182. The van der Waals surface area contributed by atoms with Crippen LogP contribution in [0.1, 0.15) is 54.2 Å². The van der Waals surface area contributed by atoms with Crippen LogP contribution in [-0.4, -0.2) is 36.0 Å². The number of carbonyl (C=O) groups excluding carboxylic acids is 1. The van der Waals surface area contributed by atoms with Gasteiger partial charge in [0.25, 0.3) is 10.0 Å². The minimum absolute atomic E-state index is 0.0483. The van der Waals surface area contributed by atoms with Crippen LogP contribution in [0.2, 0.25) is 0 Å². The molecule has 0 bridgehead atoms. The Labute approximate surface area is 232 Å². The summed E-state index contributed by atoms with van der Waals surface area (Å²) < 4.78 is 34.5. The maximum atomic E-state index is 14.0. The summed E-state index contributed by atoms with van der Waals surface area (Å²) in [6.07, 6.45) is 0.200. The molecule has 4 rings (SSSR count). The molecule has 0 saturated heterocycles. The first-order valence-corrected chi connectivity index (χ1v) is 14.8. The van der Waals surface area contributed by atoms with Crippen LogP contribution >= 0.6 is 11.3 Å². The molecule has 0 spiro atoms. The lowest BCUT2D eigenvalue weighted by molar-refractivity contribution is -0.130. The molecule has 0 atom stereocenters. The maximum Gasteiger partial charge on any atom is 0.356 e. The van der Waals surface area contributed by atoms with E-state index < -0.39 is 27.4 Å². The van der Waals surface area contributed by atoms with Gasteiger partial charge in [0.05, 0.1) is 22.6 Å². The van der Waals surface area contributed by atoms with E-state index in [0.29, 0.717) is 26.9 Å². The van der Waals surface area contributed by atoms with Gasteiger partial charge in [0.15, 0.2) is 0 Å². The van der Waals surface area contributed by atoms with Crippen molar-refractivity contribution in [2.75, 3.05) is 6.61 Å². The van der Waals surface area contributed by atoms with E-state index in [0.717, 1.165) is 9.54 Å². The van der Waals surface area contributed by atoms with Gasteiger partial charge in [-0.3, -0.25) is 0 Å². The molecule has 2 heterocycles. The number of ether oxygens (including phenoxy) is 1. The number of para-hydroxylation sites is 1. The number of hydrogen-bond donors (Lipinski definition) is 1. The molecule has 7 nitrogen and oxygen atoms in total. The van der Waals surface area contributed by atoms with Gasteiger partial charge < -0.3 is 9.84 Å². The van der Waals surface area contributed by atoms with Crippen molar-refractivity contribution in [1.82, 2.24) is 3.97 Å². The van der Waals surface area contributed by atoms with Crippen molar-refractivity contribution in [2.45, 2.75) is 45.9 Å². The molecule has 2 aromatic carbocycles. The maximum absolute atomic E-state index is 14.0. The standard InChI is InChI=1S/C30H31NO6S2/c1-6-37-29(34)27-23(18-30(4,5)20(3)26(28(32)33)25-12-9-17-38-25)22-10-7-8-11-24(22)31(27)39(35,36)21-15-13-19(2)14-16-21/h7-17H,6,18H2,1-5H3,(H,32,33)/b26-20-. The van der Waals surface area contributed by atoms with Crippen molar-refractivity contribution in [3.05, 3.63) is 93.3 Å². The second-order valence-electron chi connectivity index (χ2n) is 9.99. The highest BCUT2D eigenvalue weighted by Gasteiger charge is 2.35. The van der Waals surface area contributed by atoms with Gasteiger partial charge >= 0.3 is 11.9 Å². The van der Waals surface area contributed by atoms with Gasteiger partial charge in [0.2, 0.25) is 0 Å². The third-order valence-electron chi connectivity index (χ3n) is 6.96. The van der Waals surface area contributed by atoms with Gasteiger partial charge in [-0.05, 0) is 67.8 Å². The van der Waals surface area contributed by atoms with Crippen molar-refractivity contribution in [3.63, 3.8) is 0 Å². The van der Waals surface area contributed by atoms with Crippen LogP contribution < -0.4 is 0 Å². The average molecular weight is 566 g/mol. The number of thiophene rings is 1. The fourth-order valence-corrected chi connectivity index (χ4v) is 7.06. The van der Waals surface area contributed by atoms with Crippen molar-refractivity contribution in [2.24, 2.45) is 5.41 Å². The Morgan fingerprint density at radius 2 is 1.69 bits per heavy atom. The molecule has 2 aromatic heterocycles. The number of benzene rings is 2. The lowest BCUT2D eigenvalue weighted by Gasteiger charge is -2.28. The van der Waals surface area contributed by atoms with Crippen molar-refractivity contribution >= 4 is 49.8 Å². The van der Waals surface area contributed by atoms with E-state index in [9.17, 15) is 23.1 Å². The third-order valence-corrected chi connectivity index (χ3v) is 9.57. The minimum atomic E-state index is -4.19. The van der Waals surface area contributed by atoms with Gasteiger partial charge in [-0.2, -0.15) is 0 Å². The summed E-state index contributed by atoms with van der Waals surface area (Å²) in [5.41, 5.74) is 1.72. The molecule has 9 heteroatoms. The number of nitrogens with zero attached hydrogens (tertiary/aromatic N) is 1. The minimum Gasteiger partial charge on any atom is -0.478 e. The lowest BCUT2D eigenvalue weighted by Crippen LogP contribution is -2.24. The van der Waals surface area contributed by atoms with Gasteiger partial charge in [-0.1, -0.05) is 61.4 Å². The first kappa shape index (κ1) is 28.3. The Hall–Kier alpha value is -3.69. The molecule has 0 radical (unpaired) electrons. The van der Waals surface area contributed by atoms with E-state index in [1.54, 1.807) is 62.4 Å². The van der Waals surface area contributed by atoms with E-state index in [-0.39, 0.29) is 29.2 Å². The molecule has 0 saturated carbocycles. The lowest BCUT2D eigenvalue weighted by atomic mass is 9.76. The van der Waals surface area contributed by atoms with Crippen molar-refractivity contribution in [1.29, 1.82) is 0 Å². The van der Waals surface area contributed by atoms with Crippen LogP contribution in [0.3, 0.4) is 0 Å².